The van der Waals surface area contributed by atoms with Gasteiger partial charge in [0.15, 0.2) is 0 Å². The standard InChI is InChI=1S/C16H31N3O/c1-18(14-7-3-2-4-8-14)16(20)13-19-12-6-5-9-15(19)10-11-17/h14-15H,2-13,17H2,1H3. The minimum Gasteiger partial charge on any atom is -0.342 e. The summed E-state index contributed by atoms with van der Waals surface area (Å²) in [5, 5.41) is 0. The number of hydrogen-bond acceptors (Lipinski definition) is 3. The number of carbonyl (C=O) groups excluding carboxylic acids is 1. The fraction of sp³-hybridized carbons (Fsp3) is 0.938. The summed E-state index contributed by atoms with van der Waals surface area (Å²) in [6, 6.07) is 1.01. The van der Waals surface area contributed by atoms with E-state index in [-0.39, 0.29) is 0 Å². The third kappa shape index (κ3) is 4.19. The Hall–Kier alpha value is -0.610. The Balaban J connectivity index is 1.84. The number of nitrogens with two attached hydrogens (primary N) is 1. The molecule has 1 saturated heterocycles. The van der Waals surface area contributed by atoms with Crippen LogP contribution in [0.25, 0.3) is 0 Å². The number of likely N-dealkylation sites (tertiary alicyclic amines) is 1. The van der Waals surface area contributed by atoms with Crippen LogP contribution in [0, 0.1) is 0 Å². The van der Waals surface area contributed by atoms with E-state index in [4.69, 9.17) is 5.73 Å². The Kier molecular flexibility index (Phi) is 6.30. The topological polar surface area (TPSA) is 49.6 Å². The molecule has 2 fully saturated rings. The predicted octanol–water partition coefficient (Wildman–Crippen LogP) is 1.98. The Labute approximate surface area is 123 Å². The highest BCUT2D eigenvalue weighted by molar-refractivity contribution is 5.78. The largest absolute Gasteiger partial charge is 0.342 e. The molecule has 0 bridgehead atoms. The molecule has 20 heavy (non-hydrogen) atoms. The van der Waals surface area contributed by atoms with Gasteiger partial charge in [0.1, 0.15) is 0 Å². The molecule has 116 valence electrons. The number of piperidine rings is 1. The van der Waals surface area contributed by atoms with E-state index in [1.54, 1.807) is 0 Å². The van der Waals surface area contributed by atoms with Crippen molar-refractivity contribution in [2.45, 2.75) is 69.9 Å². The van der Waals surface area contributed by atoms with E-state index in [0.717, 1.165) is 19.5 Å². The summed E-state index contributed by atoms with van der Waals surface area (Å²) in [6.45, 7) is 2.39. The van der Waals surface area contributed by atoms with Crippen molar-refractivity contribution in [2.75, 3.05) is 26.7 Å². The number of likely N-dealkylation sites (N-methyl/N-ethyl adjacent to an activating group) is 1. The van der Waals surface area contributed by atoms with Crippen LogP contribution in [0.1, 0.15) is 57.8 Å². The van der Waals surface area contributed by atoms with Crippen LogP contribution in [0.4, 0.5) is 0 Å². The molecular formula is C16H31N3O. The SMILES string of the molecule is CN(C(=O)CN1CCCCC1CCN)C1CCCCC1. The molecule has 1 aliphatic heterocycles. The van der Waals surface area contributed by atoms with Gasteiger partial charge in [0.05, 0.1) is 6.54 Å². The predicted molar refractivity (Wildman–Crippen MR) is 82.5 cm³/mol. The molecule has 1 heterocycles. The normalized spacial score (nSPS) is 25.6. The van der Waals surface area contributed by atoms with Gasteiger partial charge in [-0.3, -0.25) is 9.69 Å². The van der Waals surface area contributed by atoms with Crippen LogP contribution < -0.4 is 5.73 Å². The molecule has 4 heteroatoms. The van der Waals surface area contributed by atoms with E-state index in [1.807, 2.05) is 11.9 Å². The molecule has 1 saturated carbocycles. The number of nitrogens with zero attached hydrogens (tertiary/aromatic N) is 2. The molecule has 0 aromatic carbocycles. The molecule has 0 aromatic heterocycles. The van der Waals surface area contributed by atoms with E-state index in [0.29, 0.717) is 24.5 Å². The number of carbonyl (C=O) groups is 1. The van der Waals surface area contributed by atoms with Crippen molar-refractivity contribution in [1.29, 1.82) is 0 Å². The first-order valence-corrected chi connectivity index (χ1v) is 8.42. The van der Waals surface area contributed by atoms with Crippen LogP contribution in [0.3, 0.4) is 0 Å². The average Bonchev–Trinajstić information content (AvgIpc) is 2.49. The first-order chi connectivity index (χ1) is 9.72. The minimum absolute atomic E-state index is 0.306. The molecular weight excluding hydrogens is 250 g/mol. The smallest absolute Gasteiger partial charge is 0.236 e. The lowest BCUT2D eigenvalue weighted by atomic mass is 9.94. The van der Waals surface area contributed by atoms with Gasteiger partial charge in [-0.2, -0.15) is 0 Å². The van der Waals surface area contributed by atoms with Crippen molar-refractivity contribution in [2.24, 2.45) is 5.73 Å². The molecule has 0 aromatic rings. The van der Waals surface area contributed by atoms with E-state index >= 15 is 0 Å². The zero-order chi connectivity index (χ0) is 14.4. The zero-order valence-corrected chi connectivity index (χ0v) is 13.0. The molecule has 0 spiro atoms. The highest BCUT2D eigenvalue weighted by Crippen LogP contribution is 2.23. The van der Waals surface area contributed by atoms with Crippen LogP contribution in [0.5, 0.6) is 0 Å². The maximum absolute atomic E-state index is 12.5. The Morgan fingerprint density at radius 1 is 1.15 bits per heavy atom. The third-order valence-corrected chi connectivity index (χ3v) is 5.10. The van der Waals surface area contributed by atoms with Gasteiger partial charge in [0.25, 0.3) is 0 Å². The summed E-state index contributed by atoms with van der Waals surface area (Å²) < 4.78 is 0. The van der Waals surface area contributed by atoms with Gasteiger partial charge >= 0.3 is 0 Å². The van der Waals surface area contributed by atoms with Gasteiger partial charge in [-0.1, -0.05) is 25.7 Å². The quantitative estimate of drug-likeness (QED) is 0.838. The van der Waals surface area contributed by atoms with Crippen LogP contribution >= 0.6 is 0 Å². The second-order valence-electron chi connectivity index (χ2n) is 6.49. The molecule has 1 unspecified atom stereocenters. The highest BCUT2D eigenvalue weighted by Gasteiger charge is 2.27. The third-order valence-electron chi connectivity index (χ3n) is 5.10. The lowest BCUT2D eigenvalue weighted by Gasteiger charge is -2.38. The maximum Gasteiger partial charge on any atom is 0.236 e. The lowest BCUT2D eigenvalue weighted by Crippen LogP contribution is -2.49. The maximum atomic E-state index is 12.5. The van der Waals surface area contributed by atoms with Crippen LogP contribution in [-0.4, -0.2) is 54.5 Å². The molecule has 0 radical (unpaired) electrons. The summed E-state index contributed by atoms with van der Waals surface area (Å²) >= 11 is 0. The van der Waals surface area contributed by atoms with E-state index < -0.39 is 0 Å². The first-order valence-electron chi connectivity index (χ1n) is 8.42. The summed E-state index contributed by atoms with van der Waals surface area (Å²) in [5.74, 6) is 0.306. The molecule has 2 N–H and O–H groups in total. The Morgan fingerprint density at radius 3 is 2.55 bits per heavy atom. The minimum atomic E-state index is 0.306. The Bertz CT molecular complexity index is 300. The molecule has 2 rings (SSSR count). The van der Waals surface area contributed by atoms with Crippen LogP contribution in [-0.2, 0) is 4.79 Å². The molecule has 2 aliphatic rings. The lowest BCUT2D eigenvalue weighted by molar-refractivity contribution is -0.134. The van der Waals surface area contributed by atoms with Gasteiger partial charge in [-0.25, -0.2) is 0 Å². The van der Waals surface area contributed by atoms with Gasteiger partial charge in [0.2, 0.25) is 5.91 Å². The number of rotatable bonds is 5. The van der Waals surface area contributed by atoms with Gasteiger partial charge < -0.3 is 10.6 Å². The van der Waals surface area contributed by atoms with Crippen molar-refractivity contribution in [3.8, 4) is 0 Å². The fourth-order valence-corrected chi connectivity index (χ4v) is 3.74. The monoisotopic (exact) mass is 281 g/mol. The van der Waals surface area contributed by atoms with Crippen molar-refractivity contribution < 1.29 is 4.79 Å². The summed E-state index contributed by atoms with van der Waals surface area (Å²) in [6.07, 6.45) is 11.0. The van der Waals surface area contributed by atoms with Crippen LogP contribution in [0.2, 0.25) is 0 Å². The zero-order valence-electron chi connectivity index (χ0n) is 13.0. The summed E-state index contributed by atoms with van der Waals surface area (Å²) in [5.41, 5.74) is 5.71. The second-order valence-corrected chi connectivity index (χ2v) is 6.49. The summed E-state index contributed by atoms with van der Waals surface area (Å²) in [4.78, 5) is 16.9. The summed E-state index contributed by atoms with van der Waals surface area (Å²) in [7, 11) is 2.00. The van der Waals surface area contributed by atoms with Crippen molar-refractivity contribution in [3.05, 3.63) is 0 Å². The highest BCUT2D eigenvalue weighted by atomic mass is 16.2. The van der Waals surface area contributed by atoms with Gasteiger partial charge in [-0.15, -0.1) is 0 Å². The van der Waals surface area contributed by atoms with Crippen molar-refractivity contribution in [1.82, 2.24) is 9.80 Å². The Morgan fingerprint density at radius 2 is 1.85 bits per heavy atom. The van der Waals surface area contributed by atoms with E-state index in [2.05, 4.69) is 4.90 Å². The second kappa shape index (κ2) is 7.99. The van der Waals surface area contributed by atoms with Crippen molar-refractivity contribution in [3.63, 3.8) is 0 Å². The van der Waals surface area contributed by atoms with Crippen LogP contribution in [0.15, 0.2) is 0 Å². The van der Waals surface area contributed by atoms with Crippen molar-refractivity contribution >= 4 is 5.91 Å². The van der Waals surface area contributed by atoms with E-state index in [9.17, 15) is 4.79 Å². The first kappa shape index (κ1) is 15.8. The molecule has 1 aliphatic carbocycles. The molecule has 4 nitrogen and oxygen atoms in total. The fourth-order valence-electron chi connectivity index (χ4n) is 3.74. The molecule has 1 amide bonds. The average molecular weight is 281 g/mol. The number of hydrogen-bond donors (Lipinski definition) is 1. The molecule has 1 atom stereocenters. The number of amides is 1. The van der Waals surface area contributed by atoms with Gasteiger partial charge in [0, 0.05) is 19.1 Å². The van der Waals surface area contributed by atoms with E-state index in [1.165, 1.54) is 51.4 Å². The van der Waals surface area contributed by atoms with Gasteiger partial charge in [-0.05, 0) is 45.2 Å².